The fourth-order valence-corrected chi connectivity index (χ4v) is 3.33. The van der Waals surface area contributed by atoms with Crippen LogP contribution in [0.1, 0.15) is 0 Å². The van der Waals surface area contributed by atoms with Gasteiger partial charge in [-0.25, -0.2) is 17.2 Å². The van der Waals surface area contributed by atoms with Gasteiger partial charge in [-0.2, -0.15) is 0 Å². The largest absolute Gasteiger partial charge is 0.398 e. The van der Waals surface area contributed by atoms with E-state index in [-0.39, 0.29) is 15.6 Å². The van der Waals surface area contributed by atoms with Gasteiger partial charge in [-0.3, -0.25) is 4.72 Å². The zero-order valence-electron chi connectivity index (χ0n) is 9.90. The molecule has 0 amide bonds. The number of halogens is 3. The summed E-state index contributed by atoms with van der Waals surface area (Å²) in [6, 6.07) is 7.27. The van der Waals surface area contributed by atoms with Crippen LogP contribution in [0.2, 0.25) is 5.02 Å². The molecule has 0 fully saturated rings. The van der Waals surface area contributed by atoms with Crippen molar-refractivity contribution in [1.29, 1.82) is 0 Å². The highest BCUT2D eigenvalue weighted by atomic mass is 35.5. The fourth-order valence-electron chi connectivity index (χ4n) is 1.59. The van der Waals surface area contributed by atoms with Gasteiger partial charge in [0.15, 0.2) is 11.6 Å². The molecule has 4 nitrogen and oxygen atoms in total. The second-order valence-electron chi connectivity index (χ2n) is 3.87. The average molecular weight is 319 g/mol. The highest BCUT2D eigenvalue weighted by Crippen LogP contribution is 2.29. The summed E-state index contributed by atoms with van der Waals surface area (Å²) < 4.78 is 52.7. The van der Waals surface area contributed by atoms with Crippen LogP contribution in [0.4, 0.5) is 20.2 Å². The summed E-state index contributed by atoms with van der Waals surface area (Å²) in [5.41, 5.74) is 4.94. The molecule has 0 aliphatic carbocycles. The summed E-state index contributed by atoms with van der Waals surface area (Å²) >= 11 is 5.78. The third kappa shape index (κ3) is 2.68. The van der Waals surface area contributed by atoms with Crippen LogP contribution in [0.3, 0.4) is 0 Å². The normalized spacial score (nSPS) is 11.3. The Morgan fingerprint density at radius 2 is 1.75 bits per heavy atom. The van der Waals surface area contributed by atoms with Crippen molar-refractivity contribution >= 4 is 33.0 Å². The third-order valence-electron chi connectivity index (χ3n) is 2.46. The number of nitrogens with one attached hydrogen (secondary N) is 1. The van der Waals surface area contributed by atoms with Gasteiger partial charge < -0.3 is 5.73 Å². The van der Waals surface area contributed by atoms with Crippen molar-refractivity contribution < 1.29 is 17.2 Å². The highest BCUT2D eigenvalue weighted by molar-refractivity contribution is 7.93. The summed E-state index contributed by atoms with van der Waals surface area (Å²) in [4.78, 5) is -0.384. The molecule has 0 aliphatic heterocycles. The van der Waals surface area contributed by atoms with Crippen LogP contribution in [0.5, 0.6) is 0 Å². The van der Waals surface area contributed by atoms with Crippen LogP contribution in [-0.4, -0.2) is 8.42 Å². The Balaban J connectivity index is 2.50. The highest BCUT2D eigenvalue weighted by Gasteiger charge is 2.23. The molecule has 2 aromatic rings. The number of sulfonamides is 1. The van der Waals surface area contributed by atoms with Crippen molar-refractivity contribution in [1.82, 2.24) is 0 Å². The predicted octanol–water partition coefficient (Wildman–Crippen LogP) is 3.00. The SMILES string of the molecule is Nc1cccc(Cl)c1S(=O)(=O)Nc1cccc(F)c1F. The molecule has 0 saturated carbocycles. The first-order valence-corrected chi connectivity index (χ1v) is 7.20. The van der Waals surface area contributed by atoms with Crippen LogP contribution < -0.4 is 10.5 Å². The molecule has 0 bridgehead atoms. The lowest BCUT2D eigenvalue weighted by Gasteiger charge is -2.12. The molecule has 8 heteroatoms. The molecule has 2 rings (SSSR count). The van der Waals surface area contributed by atoms with Crippen molar-refractivity contribution in [2.75, 3.05) is 10.5 Å². The second kappa shape index (κ2) is 5.26. The lowest BCUT2D eigenvalue weighted by Crippen LogP contribution is -2.16. The van der Waals surface area contributed by atoms with Gasteiger partial charge in [0, 0.05) is 0 Å². The van der Waals surface area contributed by atoms with Gasteiger partial charge in [-0.15, -0.1) is 0 Å². The standard InChI is InChI=1S/C12H9ClF2N2O2S/c13-7-3-1-5-9(16)12(7)20(18,19)17-10-6-2-4-8(14)11(10)15/h1-6,17H,16H2. The maximum Gasteiger partial charge on any atom is 0.265 e. The number of anilines is 2. The summed E-state index contributed by atoms with van der Waals surface area (Å²) in [6.45, 7) is 0. The first-order valence-electron chi connectivity index (χ1n) is 5.34. The minimum Gasteiger partial charge on any atom is -0.398 e. The summed E-state index contributed by atoms with van der Waals surface area (Å²) in [6.07, 6.45) is 0. The van der Waals surface area contributed by atoms with E-state index in [1.54, 1.807) is 0 Å². The Bertz CT molecular complexity index is 746. The fraction of sp³-hybridized carbons (Fsp3) is 0. The van der Waals surface area contributed by atoms with E-state index in [0.717, 1.165) is 12.1 Å². The molecule has 2 aromatic carbocycles. The van der Waals surface area contributed by atoms with Crippen LogP contribution in [0.25, 0.3) is 0 Å². The smallest absolute Gasteiger partial charge is 0.265 e. The van der Waals surface area contributed by atoms with Gasteiger partial charge in [0.25, 0.3) is 10.0 Å². The van der Waals surface area contributed by atoms with Gasteiger partial charge in [-0.1, -0.05) is 23.7 Å². The number of rotatable bonds is 3. The monoisotopic (exact) mass is 318 g/mol. The molecule has 0 unspecified atom stereocenters. The molecule has 0 aromatic heterocycles. The van der Waals surface area contributed by atoms with Gasteiger partial charge in [0.05, 0.1) is 16.4 Å². The third-order valence-corrected chi connectivity index (χ3v) is 4.37. The molecule has 0 aliphatic rings. The number of nitrogen functional groups attached to an aromatic ring is 1. The molecular formula is C12H9ClF2N2O2S. The van der Waals surface area contributed by atoms with E-state index in [1.165, 1.54) is 24.3 Å². The number of hydrogen-bond acceptors (Lipinski definition) is 3. The maximum absolute atomic E-state index is 13.5. The molecule has 106 valence electrons. The minimum atomic E-state index is -4.23. The zero-order chi connectivity index (χ0) is 14.9. The lowest BCUT2D eigenvalue weighted by atomic mass is 10.3. The Labute approximate surface area is 119 Å². The molecule has 0 spiro atoms. The minimum absolute atomic E-state index is 0.0955. The first-order chi connectivity index (χ1) is 9.33. The van der Waals surface area contributed by atoms with E-state index in [1.807, 2.05) is 4.72 Å². The van der Waals surface area contributed by atoms with Gasteiger partial charge in [0.1, 0.15) is 4.90 Å². The van der Waals surface area contributed by atoms with E-state index in [2.05, 4.69) is 0 Å². The van der Waals surface area contributed by atoms with E-state index < -0.39 is 27.3 Å². The van der Waals surface area contributed by atoms with Crippen molar-refractivity contribution in [3.63, 3.8) is 0 Å². The van der Waals surface area contributed by atoms with Gasteiger partial charge >= 0.3 is 0 Å². The van der Waals surface area contributed by atoms with Crippen LogP contribution >= 0.6 is 11.6 Å². The molecule has 20 heavy (non-hydrogen) atoms. The average Bonchev–Trinajstić information content (AvgIpc) is 2.34. The Hall–Kier alpha value is -1.86. The molecule has 0 radical (unpaired) electrons. The topological polar surface area (TPSA) is 72.2 Å². The quantitative estimate of drug-likeness (QED) is 0.854. The maximum atomic E-state index is 13.5. The number of hydrogen-bond donors (Lipinski definition) is 2. The van der Waals surface area contributed by atoms with Crippen LogP contribution in [-0.2, 0) is 10.0 Å². The van der Waals surface area contributed by atoms with Gasteiger partial charge in [-0.05, 0) is 24.3 Å². The number of nitrogens with two attached hydrogens (primary N) is 1. The lowest BCUT2D eigenvalue weighted by molar-refractivity contribution is 0.511. The van der Waals surface area contributed by atoms with Crippen LogP contribution in [0, 0.1) is 11.6 Å². The molecule has 0 heterocycles. The summed E-state index contributed by atoms with van der Waals surface area (Å²) in [7, 11) is -4.23. The Morgan fingerprint density at radius 1 is 1.10 bits per heavy atom. The van der Waals surface area contributed by atoms with E-state index >= 15 is 0 Å². The van der Waals surface area contributed by atoms with Crippen LogP contribution in [0.15, 0.2) is 41.3 Å². The van der Waals surface area contributed by atoms with E-state index in [0.29, 0.717) is 0 Å². The summed E-state index contributed by atoms with van der Waals surface area (Å²) in [5.74, 6) is -2.47. The molecular weight excluding hydrogens is 310 g/mol. The zero-order valence-corrected chi connectivity index (χ0v) is 11.5. The van der Waals surface area contributed by atoms with Crippen molar-refractivity contribution in [2.24, 2.45) is 0 Å². The predicted molar refractivity (Wildman–Crippen MR) is 73.0 cm³/mol. The van der Waals surface area contributed by atoms with Gasteiger partial charge in [0.2, 0.25) is 0 Å². The molecule has 3 N–H and O–H groups in total. The summed E-state index contributed by atoms with van der Waals surface area (Å²) in [5, 5.41) is -0.116. The number of benzene rings is 2. The van der Waals surface area contributed by atoms with E-state index in [4.69, 9.17) is 17.3 Å². The van der Waals surface area contributed by atoms with E-state index in [9.17, 15) is 17.2 Å². The Morgan fingerprint density at radius 3 is 2.40 bits per heavy atom. The molecule has 0 atom stereocenters. The molecule has 0 saturated heterocycles. The Kier molecular flexibility index (Phi) is 3.82. The van der Waals surface area contributed by atoms with Crippen molar-refractivity contribution in [3.05, 3.63) is 53.1 Å². The second-order valence-corrected chi connectivity index (χ2v) is 5.89. The first kappa shape index (κ1) is 14.5. The van der Waals surface area contributed by atoms with Crippen molar-refractivity contribution in [2.45, 2.75) is 4.90 Å². The van der Waals surface area contributed by atoms with Crippen molar-refractivity contribution in [3.8, 4) is 0 Å².